The molecule has 2 N–H and O–H groups in total. The van der Waals surface area contributed by atoms with Gasteiger partial charge in [0.05, 0.1) is 17.0 Å². The Hall–Kier alpha value is -0.0900. The lowest BCUT2D eigenvalue weighted by Gasteiger charge is -2.28. The highest BCUT2D eigenvalue weighted by Gasteiger charge is 2.25. The predicted octanol–water partition coefficient (Wildman–Crippen LogP) is 1.19. The third kappa shape index (κ3) is 3.27. The van der Waals surface area contributed by atoms with Gasteiger partial charge in [-0.1, -0.05) is 28.8 Å². The maximum absolute atomic E-state index is 11.3. The van der Waals surface area contributed by atoms with Crippen molar-refractivity contribution < 1.29 is 9.90 Å². The lowest BCUT2D eigenvalue weighted by Crippen LogP contribution is -2.47. The van der Waals surface area contributed by atoms with Crippen molar-refractivity contribution in [3.8, 4) is 0 Å². The van der Waals surface area contributed by atoms with Crippen molar-refractivity contribution in [3.63, 3.8) is 0 Å². The van der Waals surface area contributed by atoms with E-state index in [-0.39, 0.29) is 22.9 Å². The van der Waals surface area contributed by atoms with Crippen LogP contribution in [0.2, 0.25) is 0 Å². The van der Waals surface area contributed by atoms with Crippen LogP contribution in [0, 0.1) is 0 Å². The highest BCUT2D eigenvalue weighted by Crippen LogP contribution is 2.18. The molecule has 1 amide bonds. The van der Waals surface area contributed by atoms with Crippen molar-refractivity contribution in [3.05, 3.63) is 0 Å². The molecule has 76 valence electrons. The Morgan fingerprint density at radius 3 is 2.69 bits per heavy atom. The van der Waals surface area contributed by atoms with Gasteiger partial charge in [0.1, 0.15) is 0 Å². The summed E-state index contributed by atoms with van der Waals surface area (Å²) < 4.78 is 0. The largest absolute Gasteiger partial charge is 0.391 e. The molecule has 0 spiro atoms. The summed E-state index contributed by atoms with van der Waals surface area (Å²) in [6, 6.07) is -0.0405. The Balaban J connectivity index is 2.38. The summed E-state index contributed by atoms with van der Waals surface area (Å²) in [5.74, 6) is -0.0362. The van der Waals surface area contributed by atoms with Gasteiger partial charge in [0, 0.05) is 0 Å². The zero-order chi connectivity index (χ0) is 9.84. The first-order valence-electron chi connectivity index (χ1n) is 4.74. The third-order valence-corrected chi connectivity index (χ3v) is 2.83. The molecule has 0 aromatic heterocycles. The number of nitrogens with one attached hydrogen (secondary N) is 1. The van der Waals surface area contributed by atoms with E-state index in [1.807, 2.05) is 0 Å². The number of alkyl halides is 1. The molecule has 0 aromatic rings. The van der Waals surface area contributed by atoms with Crippen LogP contribution < -0.4 is 5.32 Å². The molecule has 0 radical (unpaired) electrons. The average Bonchev–Trinajstić information content (AvgIpc) is 2.08. The van der Waals surface area contributed by atoms with E-state index in [4.69, 9.17) is 0 Å². The number of carbonyl (C=O) groups excluding carboxylic acids is 1. The van der Waals surface area contributed by atoms with E-state index in [1.54, 1.807) is 6.92 Å². The maximum atomic E-state index is 11.3. The van der Waals surface area contributed by atoms with E-state index in [1.165, 1.54) is 0 Å². The Bertz CT molecular complexity index is 184. The zero-order valence-electron chi connectivity index (χ0n) is 7.79. The first-order valence-corrected chi connectivity index (χ1v) is 5.65. The number of aliphatic hydroxyl groups excluding tert-OH is 1. The molecule has 0 bridgehead atoms. The smallest absolute Gasteiger partial charge is 0.233 e. The van der Waals surface area contributed by atoms with Crippen LogP contribution in [-0.2, 0) is 4.79 Å². The predicted molar refractivity (Wildman–Crippen MR) is 54.8 cm³/mol. The molecule has 0 aromatic carbocycles. The van der Waals surface area contributed by atoms with Crippen LogP contribution in [0.5, 0.6) is 0 Å². The van der Waals surface area contributed by atoms with Crippen LogP contribution in [0.15, 0.2) is 0 Å². The SMILES string of the molecule is CC(Br)C(=O)N[C@@H]1CCCC[C@H]1O. The number of amides is 1. The van der Waals surface area contributed by atoms with Crippen LogP contribution in [0.4, 0.5) is 0 Å². The van der Waals surface area contributed by atoms with E-state index in [2.05, 4.69) is 21.2 Å². The van der Waals surface area contributed by atoms with Crippen molar-refractivity contribution >= 4 is 21.8 Å². The van der Waals surface area contributed by atoms with Gasteiger partial charge in [-0.05, 0) is 19.8 Å². The van der Waals surface area contributed by atoms with Gasteiger partial charge in [-0.3, -0.25) is 4.79 Å². The monoisotopic (exact) mass is 249 g/mol. The van der Waals surface area contributed by atoms with Crippen LogP contribution in [0.3, 0.4) is 0 Å². The molecule has 13 heavy (non-hydrogen) atoms. The van der Waals surface area contributed by atoms with Crippen molar-refractivity contribution in [2.24, 2.45) is 0 Å². The molecule has 0 saturated heterocycles. The summed E-state index contributed by atoms with van der Waals surface area (Å²) in [6.07, 6.45) is 3.51. The molecular weight excluding hydrogens is 234 g/mol. The summed E-state index contributed by atoms with van der Waals surface area (Å²) in [6.45, 7) is 1.78. The molecule has 1 fully saturated rings. The minimum atomic E-state index is -0.357. The van der Waals surface area contributed by atoms with Gasteiger partial charge in [0.15, 0.2) is 0 Å². The summed E-state index contributed by atoms with van der Waals surface area (Å²) >= 11 is 3.19. The molecule has 1 saturated carbocycles. The molecule has 0 heterocycles. The maximum Gasteiger partial charge on any atom is 0.233 e. The van der Waals surface area contributed by atoms with Gasteiger partial charge in [-0.15, -0.1) is 0 Å². The molecule has 1 unspecified atom stereocenters. The van der Waals surface area contributed by atoms with Crippen LogP contribution in [-0.4, -0.2) is 28.0 Å². The van der Waals surface area contributed by atoms with E-state index >= 15 is 0 Å². The van der Waals surface area contributed by atoms with Crippen molar-refractivity contribution in [2.75, 3.05) is 0 Å². The fraction of sp³-hybridized carbons (Fsp3) is 0.889. The number of rotatable bonds is 2. The summed E-state index contributed by atoms with van der Waals surface area (Å²) in [7, 11) is 0. The number of aliphatic hydroxyl groups is 1. The quantitative estimate of drug-likeness (QED) is 0.723. The van der Waals surface area contributed by atoms with Crippen LogP contribution >= 0.6 is 15.9 Å². The highest BCUT2D eigenvalue weighted by molar-refractivity contribution is 9.10. The Labute approximate surface area is 87.0 Å². The van der Waals surface area contributed by atoms with Crippen LogP contribution in [0.25, 0.3) is 0 Å². The Morgan fingerprint density at radius 1 is 1.54 bits per heavy atom. The standard InChI is InChI=1S/C9H16BrNO2/c1-6(10)9(13)11-7-4-2-3-5-8(7)12/h6-8,12H,2-5H2,1H3,(H,11,13)/t6?,7-,8-/m1/s1. The molecule has 3 atom stereocenters. The second-order valence-electron chi connectivity index (χ2n) is 3.58. The van der Waals surface area contributed by atoms with Gasteiger partial charge >= 0.3 is 0 Å². The van der Waals surface area contributed by atoms with Gasteiger partial charge < -0.3 is 10.4 Å². The Kier molecular flexibility index (Phi) is 4.19. The van der Waals surface area contributed by atoms with E-state index in [0.29, 0.717) is 0 Å². The minimum absolute atomic E-state index is 0.0362. The zero-order valence-corrected chi connectivity index (χ0v) is 9.38. The fourth-order valence-corrected chi connectivity index (χ4v) is 1.71. The van der Waals surface area contributed by atoms with E-state index in [9.17, 15) is 9.90 Å². The molecule has 1 aliphatic rings. The molecule has 0 aliphatic heterocycles. The van der Waals surface area contributed by atoms with Gasteiger partial charge in [-0.25, -0.2) is 0 Å². The summed E-state index contributed by atoms with van der Waals surface area (Å²) in [4.78, 5) is 11.1. The second kappa shape index (κ2) is 4.96. The molecule has 1 aliphatic carbocycles. The normalized spacial score (nSPS) is 31.0. The van der Waals surface area contributed by atoms with Gasteiger partial charge in [-0.2, -0.15) is 0 Å². The summed E-state index contributed by atoms with van der Waals surface area (Å²) in [5, 5.41) is 12.4. The topological polar surface area (TPSA) is 49.3 Å². The lowest BCUT2D eigenvalue weighted by molar-refractivity contribution is -0.122. The molecule has 1 rings (SSSR count). The third-order valence-electron chi connectivity index (χ3n) is 2.42. The molecule has 3 nitrogen and oxygen atoms in total. The van der Waals surface area contributed by atoms with Crippen molar-refractivity contribution in [1.29, 1.82) is 0 Å². The molecular formula is C9H16BrNO2. The minimum Gasteiger partial charge on any atom is -0.391 e. The average molecular weight is 250 g/mol. The number of halogens is 1. The summed E-state index contributed by atoms with van der Waals surface area (Å²) in [5.41, 5.74) is 0. The number of hydrogen-bond acceptors (Lipinski definition) is 2. The first-order chi connectivity index (χ1) is 6.11. The first kappa shape index (κ1) is 11.0. The number of carbonyl (C=O) groups is 1. The van der Waals surface area contributed by atoms with Gasteiger partial charge in [0.2, 0.25) is 5.91 Å². The van der Waals surface area contributed by atoms with Gasteiger partial charge in [0.25, 0.3) is 0 Å². The number of hydrogen-bond donors (Lipinski definition) is 2. The molecule has 4 heteroatoms. The van der Waals surface area contributed by atoms with Crippen molar-refractivity contribution in [1.82, 2.24) is 5.32 Å². The van der Waals surface area contributed by atoms with Crippen molar-refractivity contribution in [2.45, 2.75) is 49.6 Å². The van der Waals surface area contributed by atoms with Crippen LogP contribution in [0.1, 0.15) is 32.6 Å². The lowest BCUT2D eigenvalue weighted by atomic mass is 9.92. The Morgan fingerprint density at radius 2 is 2.15 bits per heavy atom. The fourth-order valence-electron chi connectivity index (χ4n) is 1.58. The highest BCUT2D eigenvalue weighted by atomic mass is 79.9. The van der Waals surface area contributed by atoms with E-state index in [0.717, 1.165) is 25.7 Å². The van der Waals surface area contributed by atoms with E-state index < -0.39 is 0 Å². The second-order valence-corrected chi connectivity index (χ2v) is 4.96.